The molecule has 6 nitrogen and oxygen atoms in total. The Morgan fingerprint density at radius 3 is 2.27 bits per heavy atom. The highest BCUT2D eigenvalue weighted by molar-refractivity contribution is 5.99. The van der Waals surface area contributed by atoms with Crippen molar-refractivity contribution in [3.05, 3.63) is 59.7 Å². The highest BCUT2D eigenvalue weighted by atomic mass is 16.5. The SMILES string of the molecule is CCOc1ccccc1CCC(=O)OCC(=O)c1ccc(NC(=O)C(C)(C)C)cc1. The van der Waals surface area contributed by atoms with Crippen LogP contribution in [0.15, 0.2) is 48.5 Å². The molecule has 0 bridgehead atoms. The second kappa shape index (κ2) is 10.6. The zero-order chi connectivity index (χ0) is 22.1. The normalized spacial score (nSPS) is 10.9. The van der Waals surface area contributed by atoms with Crippen LogP contribution in [0.1, 0.15) is 50.0 Å². The Bertz CT molecular complexity index is 881. The molecule has 2 rings (SSSR count). The first kappa shape index (κ1) is 23.1. The smallest absolute Gasteiger partial charge is 0.306 e. The van der Waals surface area contributed by atoms with Crippen LogP contribution in [0.4, 0.5) is 5.69 Å². The number of carbonyl (C=O) groups excluding carboxylic acids is 3. The van der Waals surface area contributed by atoms with Gasteiger partial charge in [0, 0.05) is 23.1 Å². The average molecular weight is 411 g/mol. The van der Waals surface area contributed by atoms with Gasteiger partial charge in [0.15, 0.2) is 12.4 Å². The Morgan fingerprint density at radius 1 is 0.967 bits per heavy atom. The van der Waals surface area contributed by atoms with Gasteiger partial charge >= 0.3 is 5.97 Å². The van der Waals surface area contributed by atoms with E-state index >= 15 is 0 Å². The Kier molecular flexibility index (Phi) is 8.16. The van der Waals surface area contributed by atoms with Gasteiger partial charge in [0.2, 0.25) is 5.91 Å². The summed E-state index contributed by atoms with van der Waals surface area (Å²) in [4.78, 5) is 36.3. The molecule has 0 spiro atoms. The Morgan fingerprint density at radius 2 is 1.63 bits per heavy atom. The maximum atomic E-state index is 12.3. The summed E-state index contributed by atoms with van der Waals surface area (Å²) in [6.45, 7) is 7.61. The topological polar surface area (TPSA) is 81.7 Å². The van der Waals surface area contributed by atoms with Gasteiger partial charge in [0.1, 0.15) is 5.75 Å². The number of nitrogens with one attached hydrogen (secondary N) is 1. The summed E-state index contributed by atoms with van der Waals surface area (Å²) < 4.78 is 10.7. The third-order valence-electron chi connectivity index (χ3n) is 4.38. The molecule has 2 aromatic rings. The van der Waals surface area contributed by atoms with E-state index in [0.717, 1.165) is 11.3 Å². The van der Waals surface area contributed by atoms with Crippen LogP contribution in [0.2, 0.25) is 0 Å². The summed E-state index contributed by atoms with van der Waals surface area (Å²) in [6.07, 6.45) is 0.639. The number of aryl methyl sites for hydroxylation is 1. The molecule has 0 aromatic heterocycles. The average Bonchev–Trinajstić information content (AvgIpc) is 2.71. The summed E-state index contributed by atoms with van der Waals surface area (Å²) in [5, 5.41) is 2.80. The number of ketones is 1. The minimum absolute atomic E-state index is 0.110. The van der Waals surface area contributed by atoms with Crippen molar-refractivity contribution in [3.8, 4) is 5.75 Å². The molecule has 0 fully saturated rings. The number of Topliss-reactive ketones (excluding diaryl/α,β-unsaturated/α-hetero) is 1. The molecule has 0 aliphatic heterocycles. The number of ether oxygens (including phenoxy) is 2. The van der Waals surface area contributed by atoms with E-state index in [-0.39, 0.29) is 24.7 Å². The molecule has 0 aliphatic carbocycles. The molecule has 160 valence electrons. The number of hydrogen-bond donors (Lipinski definition) is 1. The van der Waals surface area contributed by atoms with Gasteiger partial charge in [0.25, 0.3) is 0 Å². The molecule has 2 aromatic carbocycles. The number of anilines is 1. The molecule has 0 unspecified atom stereocenters. The zero-order valence-corrected chi connectivity index (χ0v) is 18.0. The predicted octanol–water partition coefficient (Wildman–Crippen LogP) is 4.43. The van der Waals surface area contributed by atoms with Crippen molar-refractivity contribution in [2.24, 2.45) is 5.41 Å². The zero-order valence-electron chi connectivity index (χ0n) is 18.0. The first-order chi connectivity index (χ1) is 14.2. The van der Waals surface area contributed by atoms with E-state index in [9.17, 15) is 14.4 Å². The van der Waals surface area contributed by atoms with E-state index in [4.69, 9.17) is 9.47 Å². The number of benzene rings is 2. The standard InChI is InChI=1S/C24H29NO5/c1-5-29-21-9-7-6-8-18(21)12-15-22(27)30-16-20(26)17-10-13-19(14-11-17)25-23(28)24(2,3)4/h6-11,13-14H,5,12,15-16H2,1-4H3,(H,25,28). The first-order valence-electron chi connectivity index (χ1n) is 10.0. The van der Waals surface area contributed by atoms with Crippen molar-refractivity contribution >= 4 is 23.3 Å². The van der Waals surface area contributed by atoms with E-state index in [0.29, 0.717) is 24.3 Å². The predicted molar refractivity (Wildman–Crippen MR) is 116 cm³/mol. The third-order valence-corrected chi connectivity index (χ3v) is 4.38. The van der Waals surface area contributed by atoms with Gasteiger partial charge < -0.3 is 14.8 Å². The molecule has 0 atom stereocenters. The Labute approximate surface area is 177 Å². The van der Waals surface area contributed by atoms with Crippen LogP contribution < -0.4 is 10.1 Å². The third kappa shape index (κ3) is 7.03. The van der Waals surface area contributed by atoms with Gasteiger partial charge in [-0.3, -0.25) is 14.4 Å². The van der Waals surface area contributed by atoms with Crippen LogP contribution in [0.5, 0.6) is 5.75 Å². The lowest BCUT2D eigenvalue weighted by Crippen LogP contribution is -2.27. The van der Waals surface area contributed by atoms with Crippen molar-refractivity contribution < 1.29 is 23.9 Å². The van der Waals surface area contributed by atoms with Gasteiger partial charge in [-0.15, -0.1) is 0 Å². The second-order valence-corrected chi connectivity index (χ2v) is 7.91. The van der Waals surface area contributed by atoms with Crippen LogP contribution in [-0.4, -0.2) is 30.9 Å². The van der Waals surface area contributed by atoms with Crippen molar-refractivity contribution in [2.45, 2.75) is 40.5 Å². The van der Waals surface area contributed by atoms with E-state index in [1.807, 2.05) is 52.0 Å². The molecule has 0 aliphatic rings. The fourth-order valence-corrected chi connectivity index (χ4v) is 2.60. The van der Waals surface area contributed by atoms with Gasteiger partial charge in [-0.1, -0.05) is 39.0 Å². The van der Waals surface area contributed by atoms with Gasteiger partial charge in [-0.05, 0) is 49.2 Å². The minimum Gasteiger partial charge on any atom is -0.494 e. The first-order valence-corrected chi connectivity index (χ1v) is 10.0. The van der Waals surface area contributed by atoms with Gasteiger partial charge in [-0.25, -0.2) is 0 Å². The molecular formula is C24H29NO5. The maximum Gasteiger partial charge on any atom is 0.306 e. The largest absolute Gasteiger partial charge is 0.494 e. The molecule has 0 saturated carbocycles. The summed E-state index contributed by atoms with van der Waals surface area (Å²) in [5.41, 5.74) is 1.44. The fourth-order valence-electron chi connectivity index (χ4n) is 2.60. The van der Waals surface area contributed by atoms with Crippen LogP contribution in [0.3, 0.4) is 0 Å². The number of rotatable bonds is 9. The van der Waals surface area contributed by atoms with E-state index in [1.54, 1.807) is 24.3 Å². The summed E-state index contributed by atoms with van der Waals surface area (Å²) >= 11 is 0. The Balaban J connectivity index is 1.82. The fraction of sp³-hybridized carbons (Fsp3) is 0.375. The molecule has 0 heterocycles. The number of carbonyl (C=O) groups is 3. The number of amides is 1. The highest BCUT2D eigenvalue weighted by Gasteiger charge is 2.21. The van der Waals surface area contributed by atoms with Gasteiger partial charge in [-0.2, -0.15) is 0 Å². The number of hydrogen-bond acceptors (Lipinski definition) is 5. The molecule has 1 amide bonds. The lowest BCUT2D eigenvalue weighted by Gasteiger charge is -2.17. The quantitative estimate of drug-likeness (QED) is 0.488. The van der Waals surface area contributed by atoms with Crippen LogP contribution in [-0.2, 0) is 20.7 Å². The molecule has 0 radical (unpaired) electrons. The van der Waals surface area contributed by atoms with Crippen LogP contribution in [0, 0.1) is 5.41 Å². The highest BCUT2D eigenvalue weighted by Crippen LogP contribution is 2.20. The molecule has 0 saturated heterocycles. The van der Waals surface area contributed by atoms with Crippen molar-refractivity contribution in [1.82, 2.24) is 0 Å². The number of esters is 1. The second-order valence-electron chi connectivity index (χ2n) is 7.91. The van der Waals surface area contributed by atoms with Crippen molar-refractivity contribution in [3.63, 3.8) is 0 Å². The van der Waals surface area contributed by atoms with E-state index in [1.165, 1.54) is 0 Å². The Hall–Kier alpha value is -3.15. The molecule has 6 heteroatoms. The van der Waals surface area contributed by atoms with Crippen LogP contribution >= 0.6 is 0 Å². The van der Waals surface area contributed by atoms with Crippen LogP contribution in [0.25, 0.3) is 0 Å². The molecular weight excluding hydrogens is 382 g/mol. The summed E-state index contributed by atoms with van der Waals surface area (Å²) in [5.74, 6) is -0.0978. The monoisotopic (exact) mass is 411 g/mol. The molecule has 30 heavy (non-hydrogen) atoms. The van der Waals surface area contributed by atoms with E-state index < -0.39 is 11.4 Å². The van der Waals surface area contributed by atoms with Gasteiger partial charge in [0.05, 0.1) is 6.61 Å². The lowest BCUT2D eigenvalue weighted by atomic mass is 9.95. The van der Waals surface area contributed by atoms with Crippen molar-refractivity contribution in [2.75, 3.05) is 18.5 Å². The molecule has 1 N–H and O–H groups in total. The maximum absolute atomic E-state index is 12.3. The summed E-state index contributed by atoms with van der Waals surface area (Å²) in [7, 11) is 0. The lowest BCUT2D eigenvalue weighted by molar-refractivity contribution is -0.142. The number of para-hydroxylation sites is 1. The minimum atomic E-state index is -0.508. The summed E-state index contributed by atoms with van der Waals surface area (Å²) in [6, 6.07) is 14.1. The van der Waals surface area contributed by atoms with Crippen molar-refractivity contribution in [1.29, 1.82) is 0 Å². The van der Waals surface area contributed by atoms with E-state index in [2.05, 4.69) is 5.32 Å².